The van der Waals surface area contributed by atoms with Crippen molar-refractivity contribution in [3.05, 3.63) is 59.2 Å². The van der Waals surface area contributed by atoms with Crippen molar-refractivity contribution < 1.29 is 19.1 Å². The Morgan fingerprint density at radius 2 is 1.52 bits per heavy atom. The standard InChI is InChI=1S/C18H19N3O4/c1-21(2)18(24)13-8-9-15(25-3)14(10-13)20-17(23)12-6-4-11(5-7-12)16(19)22/h4-10H,1-3H3,(H2,19,22)(H,20,23). The second-order valence-corrected chi connectivity index (χ2v) is 5.51. The van der Waals surface area contributed by atoms with Crippen LogP contribution in [0.5, 0.6) is 5.75 Å². The summed E-state index contributed by atoms with van der Waals surface area (Å²) in [7, 11) is 4.76. The first-order valence-electron chi connectivity index (χ1n) is 7.44. The SMILES string of the molecule is COc1ccc(C(=O)N(C)C)cc1NC(=O)c1ccc(C(N)=O)cc1. The number of nitrogens with one attached hydrogen (secondary N) is 1. The quantitative estimate of drug-likeness (QED) is 0.865. The highest BCUT2D eigenvalue weighted by Crippen LogP contribution is 2.26. The van der Waals surface area contributed by atoms with Crippen LogP contribution in [-0.2, 0) is 0 Å². The monoisotopic (exact) mass is 341 g/mol. The molecule has 3 N–H and O–H groups in total. The number of carbonyl (C=O) groups is 3. The number of anilines is 1. The number of nitrogens with zero attached hydrogens (tertiary/aromatic N) is 1. The van der Waals surface area contributed by atoms with Gasteiger partial charge >= 0.3 is 0 Å². The summed E-state index contributed by atoms with van der Waals surface area (Å²) in [5.74, 6) is -0.728. The zero-order valence-electron chi connectivity index (χ0n) is 14.2. The topological polar surface area (TPSA) is 102 Å². The zero-order chi connectivity index (χ0) is 18.6. The number of carbonyl (C=O) groups excluding carboxylic acids is 3. The molecule has 0 fully saturated rings. The molecule has 0 aromatic heterocycles. The molecule has 0 saturated heterocycles. The van der Waals surface area contributed by atoms with E-state index in [4.69, 9.17) is 10.5 Å². The summed E-state index contributed by atoms with van der Waals surface area (Å²) in [6, 6.07) is 10.7. The minimum atomic E-state index is -0.566. The van der Waals surface area contributed by atoms with Crippen molar-refractivity contribution in [1.82, 2.24) is 4.90 Å². The molecule has 0 spiro atoms. The normalized spacial score (nSPS) is 10.0. The summed E-state index contributed by atoms with van der Waals surface area (Å²) in [5.41, 5.74) is 6.63. The number of rotatable bonds is 5. The summed E-state index contributed by atoms with van der Waals surface area (Å²) in [5, 5.41) is 2.71. The summed E-state index contributed by atoms with van der Waals surface area (Å²) < 4.78 is 5.23. The zero-order valence-corrected chi connectivity index (χ0v) is 14.2. The molecule has 0 heterocycles. The Hall–Kier alpha value is -3.35. The van der Waals surface area contributed by atoms with Gasteiger partial charge in [-0.05, 0) is 42.5 Å². The van der Waals surface area contributed by atoms with E-state index < -0.39 is 11.8 Å². The fourth-order valence-electron chi connectivity index (χ4n) is 2.18. The van der Waals surface area contributed by atoms with E-state index in [0.29, 0.717) is 28.1 Å². The van der Waals surface area contributed by atoms with Crippen molar-refractivity contribution in [1.29, 1.82) is 0 Å². The van der Waals surface area contributed by atoms with Gasteiger partial charge in [-0.15, -0.1) is 0 Å². The van der Waals surface area contributed by atoms with Gasteiger partial charge < -0.3 is 20.7 Å². The van der Waals surface area contributed by atoms with Crippen LogP contribution in [0.2, 0.25) is 0 Å². The van der Waals surface area contributed by atoms with Crippen molar-refractivity contribution in [3.63, 3.8) is 0 Å². The van der Waals surface area contributed by atoms with Crippen molar-refractivity contribution in [2.75, 3.05) is 26.5 Å². The van der Waals surface area contributed by atoms with E-state index in [9.17, 15) is 14.4 Å². The van der Waals surface area contributed by atoms with Gasteiger partial charge in [-0.2, -0.15) is 0 Å². The Kier molecular flexibility index (Phi) is 5.38. The third-order valence-corrected chi connectivity index (χ3v) is 3.53. The maximum Gasteiger partial charge on any atom is 0.255 e. The van der Waals surface area contributed by atoms with E-state index >= 15 is 0 Å². The van der Waals surface area contributed by atoms with E-state index in [1.165, 1.54) is 36.3 Å². The van der Waals surface area contributed by atoms with Crippen molar-refractivity contribution in [2.45, 2.75) is 0 Å². The van der Waals surface area contributed by atoms with Gasteiger partial charge in [0.1, 0.15) is 5.75 Å². The third kappa shape index (κ3) is 4.14. The highest BCUT2D eigenvalue weighted by atomic mass is 16.5. The predicted molar refractivity (Wildman–Crippen MR) is 93.9 cm³/mol. The Morgan fingerprint density at radius 3 is 2.04 bits per heavy atom. The van der Waals surface area contributed by atoms with E-state index in [0.717, 1.165) is 0 Å². The minimum Gasteiger partial charge on any atom is -0.495 e. The van der Waals surface area contributed by atoms with Gasteiger partial charge in [0.2, 0.25) is 5.91 Å². The fraction of sp³-hybridized carbons (Fsp3) is 0.167. The Balaban J connectivity index is 2.28. The van der Waals surface area contributed by atoms with Crippen LogP contribution in [0.15, 0.2) is 42.5 Å². The number of benzene rings is 2. The van der Waals surface area contributed by atoms with Gasteiger partial charge in [0.25, 0.3) is 11.8 Å². The smallest absolute Gasteiger partial charge is 0.255 e. The van der Waals surface area contributed by atoms with E-state index in [2.05, 4.69) is 5.32 Å². The second kappa shape index (κ2) is 7.48. The summed E-state index contributed by atoms with van der Waals surface area (Å²) in [4.78, 5) is 37.0. The molecular formula is C18H19N3O4. The lowest BCUT2D eigenvalue weighted by molar-refractivity contribution is 0.0827. The molecule has 0 aliphatic carbocycles. The number of nitrogens with two attached hydrogens (primary N) is 1. The predicted octanol–water partition coefficient (Wildman–Crippen LogP) is 1.75. The van der Waals surface area contributed by atoms with Gasteiger partial charge in [0, 0.05) is 30.8 Å². The number of amides is 3. The van der Waals surface area contributed by atoms with Crippen molar-refractivity contribution in [3.8, 4) is 5.75 Å². The van der Waals surface area contributed by atoms with E-state index in [-0.39, 0.29) is 5.91 Å². The Labute approximate surface area is 145 Å². The molecule has 2 aromatic rings. The van der Waals surface area contributed by atoms with Crippen LogP contribution >= 0.6 is 0 Å². The van der Waals surface area contributed by atoms with Crippen LogP contribution in [0, 0.1) is 0 Å². The molecule has 0 aliphatic heterocycles. The van der Waals surface area contributed by atoms with E-state index in [1.54, 1.807) is 32.3 Å². The summed E-state index contributed by atoms with van der Waals surface area (Å²) >= 11 is 0. The lowest BCUT2D eigenvalue weighted by Gasteiger charge is -2.14. The first-order chi connectivity index (χ1) is 11.8. The van der Waals surface area contributed by atoms with Crippen LogP contribution in [0.25, 0.3) is 0 Å². The van der Waals surface area contributed by atoms with Crippen molar-refractivity contribution >= 4 is 23.4 Å². The number of hydrogen-bond acceptors (Lipinski definition) is 4. The molecule has 0 radical (unpaired) electrons. The van der Waals surface area contributed by atoms with Crippen LogP contribution in [0.1, 0.15) is 31.1 Å². The van der Waals surface area contributed by atoms with Crippen LogP contribution in [0.4, 0.5) is 5.69 Å². The summed E-state index contributed by atoms with van der Waals surface area (Å²) in [6.07, 6.45) is 0. The number of ether oxygens (including phenoxy) is 1. The molecular weight excluding hydrogens is 322 g/mol. The Bertz CT molecular complexity index is 814. The third-order valence-electron chi connectivity index (χ3n) is 3.53. The lowest BCUT2D eigenvalue weighted by atomic mass is 10.1. The van der Waals surface area contributed by atoms with Gasteiger partial charge in [-0.1, -0.05) is 0 Å². The van der Waals surface area contributed by atoms with Crippen LogP contribution < -0.4 is 15.8 Å². The highest BCUT2D eigenvalue weighted by molar-refractivity contribution is 6.06. The fourth-order valence-corrected chi connectivity index (χ4v) is 2.18. The van der Waals surface area contributed by atoms with Crippen LogP contribution in [-0.4, -0.2) is 43.8 Å². The number of methoxy groups -OCH3 is 1. The molecule has 3 amide bonds. The lowest BCUT2D eigenvalue weighted by Crippen LogP contribution is -2.22. The molecule has 2 aromatic carbocycles. The molecule has 130 valence electrons. The minimum absolute atomic E-state index is 0.191. The van der Waals surface area contributed by atoms with Gasteiger partial charge in [-0.3, -0.25) is 14.4 Å². The van der Waals surface area contributed by atoms with Crippen LogP contribution in [0.3, 0.4) is 0 Å². The van der Waals surface area contributed by atoms with E-state index in [1.807, 2.05) is 0 Å². The average molecular weight is 341 g/mol. The first kappa shape index (κ1) is 18.0. The molecule has 0 atom stereocenters. The molecule has 0 saturated carbocycles. The molecule has 7 heteroatoms. The van der Waals surface area contributed by atoms with Gasteiger partial charge in [-0.25, -0.2) is 0 Å². The summed E-state index contributed by atoms with van der Waals surface area (Å²) in [6.45, 7) is 0. The molecule has 0 unspecified atom stereocenters. The molecule has 25 heavy (non-hydrogen) atoms. The molecule has 7 nitrogen and oxygen atoms in total. The molecule has 0 bridgehead atoms. The molecule has 2 rings (SSSR count). The van der Waals surface area contributed by atoms with Crippen molar-refractivity contribution in [2.24, 2.45) is 5.73 Å². The number of primary amides is 1. The van der Waals surface area contributed by atoms with Gasteiger partial charge in [0.05, 0.1) is 12.8 Å². The average Bonchev–Trinajstić information content (AvgIpc) is 2.60. The first-order valence-corrected chi connectivity index (χ1v) is 7.44. The number of hydrogen-bond donors (Lipinski definition) is 2. The Morgan fingerprint density at radius 1 is 0.960 bits per heavy atom. The largest absolute Gasteiger partial charge is 0.495 e. The second-order valence-electron chi connectivity index (χ2n) is 5.51. The highest BCUT2D eigenvalue weighted by Gasteiger charge is 2.15. The van der Waals surface area contributed by atoms with Gasteiger partial charge in [0.15, 0.2) is 0 Å². The maximum absolute atomic E-state index is 12.4. The maximum atomic E-state index is 12.4. The molecule has 0 aliphatic rings.